The average molecular weight is 275 g/mol. The fraction of sp³-hybridized carbons (Fsp3) is 0.647. The predicted octanol–water partition coefficient (Wildman–Crippen LogP) is 5.27. The molecule has 0 spiro atoms. The van der Waals surface area contributed by atoms with Crippen molar-refractivity contribution in [3.8, 4) is 0 Å². The molecule has 3 rings (SSSR count). The van der Waals surface area contributed by atoms with Gasteiger partial charge in [-0.25, -0.2) is 4.31 Å². The van der Waals surface area contributed by atoms with Gasteiger partial charge in [0.1, 0.15) is 0 Å². The van der Waals surface area contributed by atoms with Crippen molar-refractivity contribution in [2.75, 3.05) is 0 Å². The van der Waals surface area contributed by atoms with Gasteiger partial charge in [0.15, 0.2) is 0 Å². The third-order valence-electron chi connectivity index (χ3n) is 4.57. The van der Waals surface area contributed by atoms with Crippen LogP contribution < -0.4 is 0 Å². The Bertz CT molecular complexity index is 366. The monoisotopic (exact) mass is 275 g/mol. The Morgan fingerprint density at radius 1 is 0.737 bits per heavy atom. The summed E-state index contributed by atoms with van der Waals surface area (Å²) in [5.74, 6) is 0. The Morgan fingerprint density at radius 2 is 1.26 bits per heavy atom. The van der Waals surface area contributed by atoms with Gasteiger partial charge in [0.05, 0.1) is 0 Å². The van der Waals surface area contributed by atoms with Crippen LogP contribution in [0.5, 0.6) is 0 Å². The smallest absolute Gasteiger partial charge is 0.0230 e. The summed E-state index contributed by atoms with van der Waals surface area (Å²) in [6.45, 7) is 0. The molecule has 0 saturated heterocycles. The fourth-order valence-corrected chi connectivity index (χ4v) is 4.79. The molecule has 1 aromatic carbocycles. The van der Waals surface area contributed by atoms with Crippen molar-refractivity contribution < 1.29 is 0 Å². The molecule has 2 fully saturated rings. The summed E-state index contributed by atoms with van der Waals surface area (Å²) in [4.78, 5) is 1.42. The molecule has 0 radical (unpaired) electrons. The highest BCUT2D eigenvalue weighted by Crippen LogP contribution is 2.38. The quantitative estimate of drug-likeness (QED) is 0.689. The van der Waals surface area contributed by atoms with Gasteiger partial charge in [-0.1, -0.05) is 50.3 Å². The second-order valence-electron chi connectivity index (χ2n) is 5.99. The number of hydrogen-bond acceptors (Lipinski definition) is 2. The van der Waals surface area contributed by atoms with E-state index in [1.165, 1.54) is 62.7 Å². The lowest BCUT2D eigenvalue weighted by Crippen LogP contribution is -2.37. The van der Waals surface area contributed by atoms with E-state index >= 15 is 0 Å². The van der Waals surface area contributed by atoms with E-state index in [0.717, 1.165) is 12.1 Å². The zero-order chi connectivity index (χ0) is 12.9. The standard InChI is InChI=1S/C17H25NS/c1-3-9-15(10-4-1)18(16-11-7-8-12-16)19-17-13-5-2-6-14-17/h2,5-6,13-16H,1,3-4,7-12H2. The minimum atomic E-state index is 0.821. The summed E-state index contributed by atoms with van der Waals surface area (Å²) < 4.78 is 2.78. The molecular formula is C17H25NS. The lowest BCUT2D eigenvalue weighted by atomic mass is 9.94. The number of nitrogens with zero attached hydrogens (tertiary/aromatic N) is 1. The number of hydrogen-bond donors (Lipinski definition) is 0. The molecule has 0 aromatic heterocycles. The maximum absolute atomic E-state index is 2.78. The Morgan fingerprint density at radius 3 is 1.84 bits per heavy atom. The SMILES string of the molecule is c1ccc(SN(C2CCCCC2)C2CCCC2)cc1. The second kappa shape index (κ2) is 6.81. The molecule has 0 N–H and O–H groups in total. The van der Waals surface area contributed by atoms with Crippen LogP contribution in [0.4, 0.5) is 0 Å². The van der Waals surface area contributed by atoms with Crippen LogP contribution in [0.1, 0.15) is 57.8 Å². The average Bonchev–Trinajstić information content (AvgIpc) is 3.01. The Hall–Kier alpha value is -0.470. The van der Waals surface area contributed by atoms with Crippen molar-refractivity contribution in [3.05, 3.63) is 30.3 Å². The minimum Gasteiger partial charge on any atom is -0.240 e. The third-order valence-corrected chi connectivity index (χ3v) is 5.86. The highest BCUT2D eigenvalue weighted by Gasteiger charge is 2.30. The van der Waals surface area contributed by atoms with E-state index in [9.17, 15) is 0 Å². The highest BCUT2D eigenvalue weighted by molar-refractivity contribution is 7.97. The normalized spacial score (nSPS) is 22.2. The highest BCUT2D eigenvalue weighted by atomic mass is 32.2. The summed E-state index contributed by atoms with van der Waals surface area (Å²) in [6, 6.07) is 12.6. The van der Waals surface area contributed by atoms with E-state index in [0.29, 0.717) is 0 Å². The Labute approximate surface area is 121 Å². The molecule has 0 aliphatic heterocycles. The molecule has 2 heteroatoms. The first kappa shape index (κ1) is 13.5. The van der Waals surface area contributed by atoms with Gasteiger partial charge in [0.25, 0.3) is 0 Å². The maximum Gasteiger partial charge on any atom is 0.0230 e. The molecule has 104 valence electrons. The van der Waals surface area contributed by atoms with Crippen LogP contribution >= 0.6 is 11.9 Å². The number of benzene rings is 1. The van der Waals surface area contributed by atoms with Gasteiger partial charge in [-0.3, -0.25) is 0 Å². The molecule has 19 heavy (non-hydrogen) atoms. The van der Waals surface area contributed by atoms with E-state index in [1.807, 2.05) is 11.9 Å². The Balaban J connectivity index is 1.71. The first-order valence-electron chi connectivity index (χ1n) is 7.95. The van der Waals surface area contributed by atoms with Crippen molar-refractivity contribution in [1.82, 2.24) is 4.31 Å². The predicted molar refractivity (Wildman–Crippen MR) is 83.3 cm³/mol. The molecule has 1 nitrogen and oxygen atoms in total. The number of rotatable bonds is 4. The van der Waals surface area contributed by atoms with Gasteiger partial charge in [0, 0.05) is 17.0 Å². The lowest BCUT2D eigenvalue weighted by Gasteiger charge is -2.37. The van der Waals surface area contributed by atoms with Crippen LogP contribution in [0.2, 0.25) is 0 Å². The van der Waals surface area contributed by atoms with Crippen LogP contribution in [-0.2, 0) is 0 Å². The Kier molecular flexibility index (Phi) is 4.84. The summed E-state index contributed by atoms with van der Waals surface area (Å²) in [7, 11) is 0. The van der Waals surface area contributed by atoms with Crippen LogP contribution in [0, 0.1) is 0 Å². The molecular weight excluding hydrogens is 250 g/mol. The van der Waals surface area contributed by atoms with Gasteiger partial charge in [-0.05, 0) is 49.8 Å². The third kappa shape index (κ3) is 3.55. The largest absolute Gasteiger partial charge is 0.240 e. The van der Waals surface area contributed by atoms with Gasteiger partial charge in [-0.15, -0.1) is 0 Å². The summed E-state index contributed by atoms with van der Waals surface area (Å²) in [6.07, 6.45) is 12.8. The van der Waals surface area contributed by atoms with Crippen molar-refractivity contribution in [2.45, 2.75) is 74.8 Å². The summed E-state index contributed by atoms with van der Waals surface area (Å²) in [5.41, 5.74) is 0. The summed E-state index contributed by atoms with van der Waals surface area (Å²) >= 11 is 2.03. The van der Waals surface area contributed by atoms with Gasteiger partial charge in [0.2, 0.25) is 0 Å². The minimum absolute atomic E-state index is 0.821. The first-order chi connectivity index (χ1) is 9.43. The van der Waals surface area contributed by atoms with Crippen molar-refractivity contribution in [3.63, 3.8) is 0 Å². The molecule has 1 aromatic rings. The van der Waals surface area contributed by atoms with Crippen molar-refractivity contribution in [1.29, 1.82) is 0 Å². The van der Waals surface area contributed by atoms with Gasteiger partial charge in [-0.2, -0.15) is 0 Å². The van der Waals surface area contributed by atoms with Crippen molar-refractivity contribution in [2.24, 2.45) is 0 Å². The van der Waals surface area contributed by atoms with Crippen LogP contribution in [0.15, 0.2) is 35.2 Å². The zero-order valence-electron chi connectivity index (χ0n) is 11.8. The molecule has 0 unspecified atom stereocenters. The molecule has 0 amide bonds. The molecule has 0 atom stereocenters. The van der Waals surface area contributed by atoms with E-state index in [2.05, 4.69) is 34.6 Å². The van der Waals surface area contributed by atoms with E-state index in [4.69, 9.17) is 0 Å². The second-order valence-corrected chi connectivity index (χ2v) is 7.07. The topological polar surface area (TPSA) is 3.24 Å². The molecule has 2 aliphatic carbocycles. The van der Waals surface area contributed by atoms with Crippen LogP contribution in [0.3, 0.4) is 0 Å². The van der Waals surface area contributed by atoms with Gasteiger partial charge >= 0.3 is 0 Å². The van der Waals surface area contributed by atoms with E-state index in [1.54, 1.807) is 0 Å². The van der Waals surface area contributed by atoms with Gasteiger partial charge < -0.3 is 0 Å². The fourth-order valence-electron chi connectivity index (χ4n) is 3.54. The molecule has 2 saturated carbocycles. The van der Waals surface area contributed by atoms with E-state index in [-0.39, 0.29) is 0 Å². The molecule has 2 aliphatic rings. The molecule has 0 bridgehead atoms. The van der Waals surface area contributed by atoms with Crippen molar-refractivity contribution >= 4 is 11.9 Å². The maximum atomic E-state index is 2.78. The van der Waals surface area contributed by atoms with Crippen LogP contribution in [-0.4, -0.2) is 16.4 Å². The van der Waals surface area contributed by atoms with Crippen LogP contribution in [0.25, 0.3) is 0 Å². The summed E-state index contributed by atoms with van der Waals surface area (Å²) in [5, 5.41) is 0. The lowest BCUT2D eigenvalue weighted by molar-refractivity contribution is 0.221. The van der Waals surface area contributed by atoms with E-state index < -0.39 is 0 Å². The zero-order valence-corrected chi connectivity index (χ0v) is 12.6. The molecule has 0 heterocycles. The first-order valence-corrected chi connectivity index (χ1v) is 8.72.